The molecule has 0 bridgehead atoms. The molecule has 2 aromatic rings. The molecule has 0 atom stereocenters. The van der Waals surface area contributed by atoms with Gasteiger partial charge in [-0.2, -0.15) is 0 Å². The molecular formula is C14H11NO3. The molecule has 0 aromatic heterocycles. The first kappa shape index (κ1) is 11.9. The lowest BCUT2D eigenvalue weighted by Gasteiger charge is -1.86. The first-order valence-corrected chi connectivity index (χ1v) is 5.34. The number of rotatable bonds is 0. The Morgan fingerprint density at radius 2 is 1.17 bits per heavy atom. The minimum atomic E-state index is -0.550. The van der Waals surface area contributed by atoms with Crippen LogP contribution in [0.25, 0.3) is 0 Å². The van der Waals surface area contributed by atoms with Crippen LogP contribution in [0.5, 0.6) is 0 Å². The van der Waals surface area contributed by atoms with Gasteiger partial charge in [-0.1, -0.05) is 30.3 Å². The first-order valence-electron chi connectivity index (χ1n) is 5.34. The average molecular weight is 241 g/mol. The predicted molar refractivity (Wildman–Crippen MR) is 67.0 cm³/mol. The van der Waals surface area contributed by atoms with E-state index in [0.29, 0.717) is 11.1 Å². The van der Waals surface area contributed by atoms with Crippen molar-refractivity contribution in [1.82, 2.24) is 0 Å². The van der Waals surface area contributed by atoms with Crippen LogP contribution in [0.1, 0.15) is 20.7 Å². The van der Waals surface area contributed by atoms with E-state index in [1.807, 2.05) is 30.3 Å². The molecule has 0 spiro atoms. The second-order valence-corrected chi connectivity index (χ2v) is 3.63. The van der Waals surface area contributed by atoms with Crippen LogP contribution in [-0.2, 0) is 4.74 Å². The number of nitrogens with two attached hydrogens (primary N) is 1. The predicted octanol–water partition coefficient (Wildman–Crippen LogP) is 2.27. The molecule has 0 saturated heterocycles. The van der Waals surface area contributed by atoms with Crippen LogP contribution < -0.4 is 5.73 Å². The molecule has 0 radical (unpaired) electrons. The molecular weight excluding hydrogens is 230 g/mol. The topological polar surface area (TPSA) is 69.4 Å². The molecule has 4 nitrogen and oxygen atoms in total. The van der Waals surface area contributed by atoms with E-state index in [0.717, 1.165) is 5.69 Å². The number of hydrogen-bond donors (Lipinski definition) is 1. The number of para-hydroxylation sites is 1. The van der Waals surface area contributed by atoms with Gasteiger partial charge < -0.3 is 10.5 Å². The molecule has 18 heavy (non-hydrogen) atoms. The van der Waals surface area contributed by atoms with Crippen LogP contribution in [0, 0.1) is 0 Å². The van der Waals surface area contributed by atoms with Gasteiger partial charge in [0, 0.05) is 5.69 Å². The number of nitrogen functional groups attached to an aromatic ring is 1. The van der Waals surface area contributed by atoms with Gasteiger partial charge in [0.25, 0.3) is 0 Å². The zero-order valence-corrected chi connectivity index (χ0v) is 9.50. The maximum absolute atomic E-state index is 10.8. The maximum Gasteiger partial charge on any atom is 0.346 e. The molecule has 0 unspecified atom stereocenters. The lowest BCUT2D eigenvalue weighted by Crippen LogP contribution is -1.96. The van der Waals surface area contributed by atoms with E-state index in [4.69, 9.17) is 5.73 Å². The number of carbonyl (C=O) groups excluding carboxylic acids is 2. The fraction of sp³-hybridized carbons (Fsp3) is 0. The number of cyclic esters (lactones) is 2. The Bertz CT molecular complexity index is 546. The summed E-state index contributed by atoms with van der Waals surface area (Å²) in [6.07, 6.45) is 0. The first-order chi connectivity index (χ1) is 8.68. The fourth-order valence-electron chi connectivity index (χ4n) is 1.49. The van der Waals surface area contributed by atoms with Gasteiger partial charge in [0.05, 0.1) is 11.1 Å². The van der Waals surface area contributed by atoms with Crippen LogP contribution in [-0.4, -0.2) is 11.9 Å². The van der Waals surface area contributed by atoms with Gasteiger partial charge in [-0.25, -0.2) is 9.59 Å². The molecule has 2 N–H and O–H groups in total. The third-order valence-electron chi connectivity index (χ3n) is 2.35. The standard InChI is InChI=1S/C8H4O3.C6H7N/c9-7-5-3-1-2-4-6(5)8(10)11-7;7-6-4-2-1-3-5-6/h1-4H;1-5H,7H2. The molecule has 3 rings (SSSR count). The van der Waals surface area contributed by atoms with E-state index in [1.165, 1.54) is 0 Å². The van der Waals surface area contributed by atoms with Crippen molar-refractivity contribution >= 4 is 17.6 Å². The van der Waals surface area contributed by atoms with Crippen molar-refractivity contribution in [2.24, 2.45) is 0 Å². The Kier molecular flexibility index (Phi) is 3.38. The molecule has 2 aromatic carbocycles. The van der Waals surface area contributed by atoms with Gasteiger partial charge >= 0.3 is 11.9 Å². The van der Waals surface area contributed by atoms with Crippen molar-refractivity contribution in [3.63, 3.8) is 0 Å². The van der Waals surface area contributed by atoms with Crippen molar-refractivity contribution in [2.45, 2.75) is 0 Å². The van der Waals surface area contributed by atoms with Gasteiger partial charge in [0.2, 0.25) is 0 Å². The SMILES string of the molecule is Nc1ccccc1.O=C1OC(=O)c2ccccc21. The smallest absolute Gasteiger partial charge is 0.346 e. The summed E-state index contributed by atoms with van der Waals surface area (Å²) in [4.78, 5) is 21.7. The minimum Gasteiger partial charge on any atom is -0.399 e. The van der Waals surface area contributed by atoms with E-state index >= 15 is 0 Å². The number of benzene rings is 2. The third kappa shape index (κ3) is 2.55. The van der Waals surface area contributed by atoms with Gasteiger partial charge in [0.15, 0.2) is 0 Å². The minimum absolute atomic E-state index is 0.359. The second kappa shape index (κ2) is 5.14. The van der Waals surface area contributed by atoms with Gasteiger partial charge in [-0.15, -0.1) is 0 Å². The monoisotopic (exact) mass is 241 g/mol. The highest BCUT2D eigenvalue weighted by Crippen LogP contribution is 2.18. The van der Waals surface area contributed by atoms with Crippen LogP contribution in [0.3, 0.4) is 0 Å². The number of anilines is 1. The largest absolute Gasteiger partial charge is 0.399 e. The summed E-state index contributed by atoms with van der Waals surface area (Å²) in [7, 11) is 0. The normalized spacial score (nSPS) is 12.2. The summed E-state index contributed by atoms with van der Waals surface area (Å²) in [6.45, 7) is 0. The Morgan fingerprint density at radius 3 is 1.56 bits per heavy atom. The van der Waals surface area contributed by atoms with E-state index in [2.05, 4.69) is 4.74 Å². The van der Waals surface area contributed by atoms with Gasteiger partial charge in [-0.05, 0) is 24.3 Å². The zero-order valence-electron chi connectivity index (χ0n) is 9.50. The van der Waals surface area contributed by atoms with Crippen molar-refractivity contribution in [3.8, 4) is 0 Å². The summed E-state index contributed by atoms with van der Waals surface area (Å²) >= 11 is 0. The van der Waals surface area contributed by atoms with Crippen molar-refractivity contribution in [3.05, 3.63) is 65.7 Å². The summed E-state index contributed by atoms with van der Waals surface area (Å²) in [6, 6.07) is 16.0. The van der Waals surface area contributed by atoms with E-state index in [1.54, 1.807) is 24.3 Å². The quantitative estimate of drug-likeness (QED) is 0.436. The molecule has 0 saturated carbocycles. The Hall–Kier alpha value is -2.62. The lowest BCUT2D eigenvalue weighted by molar-refractivity contribution is 0.0444. The zero-order chi connectivity index (χ0) is 13.0. The summed E-state index contributed by atoms with van der Waals surface area (Å²) in [5.74, 6) is -1.10. The Morgan fingerprint density at radius 1 is 0.722 bits per heavy atom. The molecule has 0 fully saturated rings. The third-order valence-corrected chi connectivity index (χ3v) is 2.35. The lowest BCUT2D eigenvalue weighted by atomic mass is 10.1. The maximum atomic E-state index is 10.8. The van der Waals surface area contributed by atoms with Crippen LogP contribution in [0.15, 0.2) is 54.6 Å². The number of carbonyl (C=O) groups is 2. The van der Waals surface area contributed by atoms with Crippen molar-refractivity contribution in [1.29, 1.82) is 0 Å². The van der Waals surface area contributed by atoms with E-state index < -0.39 is 11.9 Å². The summed E-state index contributed by atoms with van der Waals surface area (Å²) in [5, 5.41) is 0. The van der Waals surface area contributed by atoms with Gasteiger partial charge in [0.1, 0.15) is 0 Å². The molecule has 1 aliphatic rings. The molecule has 0 aliphatic carbocycles. The van der Waals surface area contributed by atoms with Crippen LogP contribution >= 0.6 is 0 Å². The van der Waals surface area contributed by atoms with Crippen molar-refractivity contribution < 1.29 is 14.3 Å². The van der Waals surface area contributed by atoms with E-state index in [-0.39, 0.29) is 0 Å². The summed E-state index contributed by atoms with van der Waals surface area (Å²) in [5.41, 5.74) is 6.90. The average Bonchev–Trinajstić information content (AvgIpc) is 2.68. The highest BCUT2D eigenvalue weighted by Gasteiger charge is 2.28. The highest BCUT2D eigenvalue weighted by molar-refractivity contribution is 6.14. The number of ether oxygens (including phenoxy) is 1. The molecule has 4 heteroatoms. The molecule has 0 amide bonds. The number of hydrogen-bond acceptors (Lipinski definition) is 4. The second-order valence-electron chi connectivity index (χ2n) is 3.63. The molecule has 90 valence electrons. The van der Waals surface area contributed by atoms with E-state index in [9.17, 15) is 9.59 Å². The number of esters is 2. The summed E-state index contributed by atoms with van der Waals surface area (Å²) < 4.78 is 4.35. The van der Waals surface area contributed by atoms with Crippen LogP contribution in [0.4, 0.5) is 5.69 Å². The van der Waals surface area contributed by atoms with Gasteiger partial charge in [-0.3, -0.25) is 0 Å². The number of fused-ring (bicyclic) bond motifs is 1. The Balaban J connectivity index is 0.000000149. The molecule has 1 heterocycles. The fourth-order valence-corrected chi connectivity index (χ4v) is 1.49. The highest BCUT2D eigenvalue weighted by atomic mass is 16.6. The molecule has 1 aliphatic heterocycles. The van der Waals surface area contributed by atoms with Crippen LogP contribution in [0.2, 0.25) is 0 Å². The Labute approximate surface area is 104 Å². The van der Waals surface area contributed by atoms with Crippen molar-refractivity contribution in [2.75, 3.05) is 5.73 Å².